The van der Waals surface area contributed by atoms with E-state index >= 15 is 0 Å². The minimum absolute atomic E-state index is 0.0107. The summed E-state index contributed by atoms with van der Waals surface area (Å²) in [6.07, 6.45) is 0. The summed E-state index contributed by atoms with van der Waals surface area (Å²) in [6, 6.07) is 14.3. The molecule has 0 radical (unpaired) electrons. The van der Waals surface area contributed by atoms with Crippen LogP contribution in [0.2, 0.25) is 0 Å². The van der Waals surface area contributed by atoms with Gasteiger partial charge in [-0.15, -0.1) is 0 Å². The second-order valence-electron chi connectivity index (χ2n) is 5.66. The van der Waals surface area contributed by atoms with Crippen LogP contribution in [0.1, 0.15) is 5.56 Å². The fourth-order valence-corrected chi connectivity index (χ4v) is 3.68. The first-order chi connectivity index (χ1) is 11.8. The summed E-state index contributed by atoms with van der Waals surface area (Å²) >= 11 is 0. The molecule has 3 rings (SSSR count). The van der Waals surface area contributed by atoms with E-state index in [2.05, 4.69) is 0 Å². The lowest BCUT2D eigenvalue weighted by Gasteiger charge is -2.19. The Kier molecular flexibility index (Phi) is 4.56. The van der Waals surface area contributed by atoms with Crippen LogP contribution in [0.4, 0.5) is 8.78 Å². The van der Waals surface area contributed by atoms with Gasteiger partial charge < -0.3 is 9.79 Å². The van der Waals surface area contributed by atoms with Crippen molar-refractivity contribution in [3.63, 3.8) is 0 Å². The topological polar surface area (TPSA) is 57.5 Å². The summed E-state index contributed by atoms with van der Waals surface area (Å²) in [6.45, 7) is 1.69. The maximum atomic E-state index is 14.4. The van der Waals surface area contributed by atoms with Crippen LogP contribution in [0, 0.1) is 18.6 Å². The molecule has 6 heteroatoms. The summed E-state index contributed by atoms with van der Waals surface area (Å²) in [5.74, 6) is -1.19. The van der Waals surface area contributed by atoms with Gasteiger partial charge in [-0.05, 0) is 36.2 Å². The highest BCUT2D eigenvalue weighted by molar-refractivity contribution is 7.60. The average molecular weight is 360 g/mol. The van der Waals surface area contributed by atoms with Gasteiger partial charge in [0, 0.05) is 16.7 Å². The molecule has 2 N–H and O–H groups in total. The van der Waals surface area contributed by atoms with Gasteiger partial charge in [-0.25, -0.2) is 8.78 Å². The SMILES string of the molecule is Cc1ccc(P(=O)(O)O)c(-c2ccccc2F)c1-c1ccccc1F. The molecule has 25 heavy (non-hydrogen) atoms. The number of aryl methyl sites for hydroxylation is 1. The lowest BCUT2D eigenvalue weighted by atomic mass is 9.90. The standard InChI is InChI=1S/C19H15F2O3P/c1-12-10-11-17(25(22,23)24)19(14-7-3-5-9-16(14)21)18(12)13-6-2-4-8-15(13)20/h2-11H,1H3,(H2,22,23,24). The number of hydrogen-bond donors (Lipinski definition) is 2. The van der Waals surface area contributed by atoms with Crippen LogP contribution in [-0.4, -0.2) is 9.79 Å². The van der Waals surface area contributed by atoms with Crippen molar-refractivity contribution in [2.45, 2.75) is 6.92 Å². The number of benzene rings is 3. The van der Waals surface area contributed by atoms with Gasteiger partial charge in [-0.3, -0.25) is 4.57 Å². The number of halogens is 2. The van der Waals surface area contributed by atoms with E-state index in [4.69, 9.17) is 0 Å². The quantitative estimate of drug-likeness (QED) is 0.680. The zero-order chi connectivity index (χ0) is 18.2. The number of hydrogen-bond acceptors (Lipinski definition) is 1. The third-order valence-corrected chi connectivity index (χ3v) is 4.99. The van der Waals surface area contributed by atoms with Gasteiger partial charge >= 0.3 is 7.60 Å². The second-order valence-corrected chi connectivity index (χ2v) is 7.23. The summed E-state index contributed by atoms with van der Waals surface area (Å²) < 4.78 is 40.8. The predicted octanol–water partition coefficient (Wildman–Crippen LogP) is 4.41. The van der Waals surface area contributed by atoms with Gasteiger partial charge in [0.05, 0.1) is 5.30 Å². The minimum atomic E-state index is -4.71. The Morgan fingerprint density at radius 3 is 1.72 bits per heavy atom. The second kappa shape index (κ2) is 6.52. The van der Waals surface area contributed by atoms with Crippen molar-refractivity contribution in [1.29, 1.82) is 0 Å². The molecule has 0 aliphatic carbocycles. The molecule has 3 nitrogen and oxygen atoms in total. The first-order valence-electron chi connectivity index (χ1n) is 7.50. The normalized spacial score (nSPS) is 11.6. The Balaban J connectivity index is 2.49. The van der Waals surface area contributed by atoms with Crippen LogP contribution in [0.15, 0.2) is 60.7 Å². The lowest BCUT2D eigenvalue weighted by Crippen LogP contribution is -2.11. The largest absolute Gasteiger partial charge is 0.356 e. The van der Waals surface area contributed by atoms with Crippen LogP contribution < -0.4 is 5.30 Å². The van der Waals surface area contributed by atoms with E-state index in [-0.39, 0.29) is 27.6 Å². The van der Waals surface area contributed by atoms with E-state index in [1.54, 1.807) is 19.1 Å². The van der Waals surface area contributed by atoms with Crippen molar-refractivity contribution in [2.24, 2.45) is 0 Å². The third kappa shape index (κ3) is 3.27. The Labute approximate surface area is 143 Å². The van der Waals surface area contributed by atoms with E-state index < -0.39 is 19.2 Å². The smallest absolute Gasteiger partial charge is 0.321 e. The fourth-order valence-electron chi connectivity index (χ4n) is 2.89. The lowest BCUT2D eigenvalue weighted by molar-refractivity contribution is 0.387. The van der Waals surface area contributed by atoms with Crippen LogP contribution in [0.3, 0.4) is 0 Å². The molecule has 0 atom stereocenters. The third-order valence-electron chi connectivity index (χ3n) is 3.99. The van der Waals surface area contributed by atoms with Gasteiger partial charge in [-0.1, -0.05) is 42.5 Å². The maximum absolute atomic E-state index is 14.4. The zero-order valence-corrected chi connectivity index (χ0v) is 14.2. The molecular weight excluding hydrogens is 345 g/mol. The molecule has 0 unspecified atom stereocenters. The average Bonchev–Trinajstić information content (AvgIpc) is 2.55. The molecule has 0 saturated heterocycles. The molecule has 3 aromatic carbocycles. The Morgan fingerprint density at radius 2 is 1.24 bits per heavy atom. The van der Waals surface area contributed by atoms with Crippen molar-refractivity contribution in [1.82, 2.24) is 0 Å². The van der Waals surface area contributed by atoms with Gasteiger partial charge in [0.25, 0.3) is 0 Å². The Morgan fingerprint density at radius 1 is 0.760 bits per heavy atom. The monoisotopic (exact) mass is 360 g/mol. The van der Waals surface area contributed by atoms with E-state index in [1.807, 2.05) is 0 Å². The Hall–Kier alpha value is -2.33. The van der Waals surface area contributed by atoms with Crippen LogP contribution in [0.5, 0.6) is 0 Å². The van der Waals surface area contributed by atoms with Gasteiger partial charge in [-0.2, -0.15) is 0 Å². The summed E-state index contributed by atoms with van der Waals surface area (Å²) in [7, 11) is -4.71. The van der Waals surface area contributed by atoms with Gasteiger partial charge in [0.1, 0.15) is 11.6 Å². The summed E-state index contributed by atoms with van der Waals surface area (Å²) in [4.78, 5) is 19.5. The first kappa shape index (κ1) is 17.5. The molecule has 128 valence electrons. The highest BCUT2D eigenvalue weighted by Crippen LogP contribution is 2.44. The molecule has 0 aliphatic rings. The maximum Gasteiger partial charge on any atom is 0.356 e. The summed E-state index contributed by atoms with van der Waals surface area (Å²) in [5.41, 5.74) is 1.04. The van der Waals surface area contributed by atoms with E-state index in [1.165, 1.54) is 48.5 Å². The van der Waals surface area contributed by atoms with Gasteiger partial charge in [0.15, 0.2) is 0 Å². The van der Waals surface area contributed by atoms with Crippen LogP contribution in [0.25, 0.3) is 22.3 Å². The molecule has 0 heterocycles. The van der Waals surface area contributed by atoms with Crippen molar-refractivity contribution < 1.29 is 23.1 Å². The molecule has 0 aliphatic heterocycles. The highest BCUT2D eigenvalue weighted by atomic mass is 31.2. The van der Waals surface area contributed by atoms with Crippen LogP contribution >= 0.6 is 7.60 Å². The van der Waals surface area contributed by atoms with E-state index in [0.29, 0.717) is 5.56 Å². The molecule has 0 spiro atoms. The fraction of sp³-hybridized carbons (Fsp3) is 0.0526. The zero-order valence-electron chi connectivity index (χ0n) is 13.3. The summed E-state index contributed by atoms with van der Waals surface area (Å²) in [5, 5.41) is -0.332. The van der Waals surface area contributed by atoms with Crippen molar-refractivity contribution >= 4 is 12.9 Å². The van der Waals surface area contributed by atoms with Crippen molar-refractivity contribution in [2.75, 3.05) is 0 Å². The molecule has 0 saturated carbocycles. The molecule has 3 aromatic rings. The van der Waals surface area contributed by atoms with Crippen LogP contribution in [-0.2, 0) is 4.57 Å². The Bertz CT molecular complexity index is 996. The molecule has 0 bridgehead atoms. The van der Waals surface area contributed by atoms with Crippen molar-refractivity contribution in [3.05, 3.63) is 77.9 Å². The van der Waals surface area contributed by atoms with Crippen molar-refractivity contribution in [3.8, 4) is 22.3 Å². The number of rotatable bonds is 3. The van der Waals surface area contributed by atoms with E-state index in [9.17, 15) is 23.1 Å². The minimum Gasteiger partial charge on any atom is -0.321 e. The predicted molar refractivity (Wildman–Crippen MR) is 93.6 cm³/mol. The highest BCUT2D eigenvalue weighted by Gasteiger charge is 2.28. The van der Waals surface area contributed by atoms with Gasteiger partial charge in [0.2, 0.25) is 0 Å². The first-order valence-corrected chi connectivity index (χ1v) is 9.11. The molecule has 0 aromatic heterocycles. The molecular formula is C19H15F2O3P. The molecule has 0 amide bonds. The molecule has 0 fully saturated rings. The van der Waals surface area contributed by atoms with E-state index in [0.717, 1.165) is 0 Å².